The van der Waals surface area contributed by atoms with Crippen molar-refractivity contribution >= 4 is 17.8 Å². The molecule has 0 unspecified atom stereocenters. The Bertz CT molecular complexity index is 738. The van der Waals surface area contributed by atoms with Crippen LogP contribution in [0.2, 0.25) is 0 Å². The van der Waals surface area contributed by atoms with Crippen molar-refractivity contribution in [3.05, 3.63) is 42.4 Å². The van der Waals surface area contributed by atoms with Gasteiger partial charge >= 0.3 is 17.8 Å². The molecule has 1 aromatic carbocycles. The van der Waals surface area contributed by atoms with Gasteiger partial charge in [-0.1, -0.05) is 30.3 Å². The molecule has 1 fully saturated rings. The fraction of sp³-hybridized carbons (Fsp3) is 0.200. The lowest BCUT2D eigenvalue weighted by atomic mass is 10.2. The molecule has 2 aromatic rings. The van der Waals surface area contributed by atoms with Gasteiger partial charge in [-0.2, -0.15) is 0 Å². The molecule has 0 atom stereocenters. The predicted octanol–water partition coefficient (Wildman–Crippen LogP) is 1.65. The number of imide groups is 2. The minimum absolute atomic E-state index is 0.154. The Morgan fingerprint density at radius 1 is 1.05 bits per heavy atom. The van der Waals surface area contributed by atoms with Gasteiger partial charge in [0, 0.05) is 12.1 Å². The fourth-order valence-corrected chi connectivity index (χ4v) is 2.22. The lowest BCUT2D eigenvalue weighted by molar-refractivity contribution is -0.143. The van der Waals surface area contributed by atoms with Crippen LogP contribution in [0.4, 0.5) is 4.79 Å². The van der Waals surface area contributed by atoms with Gasteiger partial charge in [0.05, 0.1) is 6.20 Å². The zero-order chi connectivity index (χ0) is 15.7. The van der Waals surface area contributed by atoms with E-state index >= 15 is 0 Å². The number of aromatic nitrogens is 1. The van der Waals surface area contributed by atoms with Crippen molar-refractivity contribution in [1.29, 1.82) is 0 Å². The van der Waals surface area contributed by atoms with Crippen LogP contribution in [0.1, 0.15) is 12.8 Å². The van der Waals surface area contributed by atoms with Crippen molar-refractivity contribution in [3.63, 3.8) is 0 Å². The molecule has 0 saturated carbocycles. The van der Waals surface area contributed by atoms with E-state index in [9.17, 15) is 14.4 Å². The van der Waals surface area contributed by atoms with E-state index in [1.807, 2.05) is 30.3 Å². The van der Waals surface area contributed by atoms with E-state index in [2.05, 4.69) is 4.98 Å². The van der Waals surface area contributed by atoms with E-state index in [1.54, 1.807) is 6.92 Å². The molecule has 1 aliphatic rings. The highest BCUT2D eigenvalue weighted by atomic mass is 16.4. The molecular weight excluding hydrogens is 286 g/mol. The monoisotopic (exact) mass is 299 g/mol. The molecule has 2 heterocycles. The molecule has 22 heavy (non-hydrogen) atoms. The summed E-state index contributed by atoms with van der Waals surface area (Å²) >= 11 is 0. The maximum Gasteiger partial charge on any atom is 0.334 e. The number of carbonyl (C=O) groups is 3. The van der Waals surface area contributed by atoms with Crippen molar-refractivity contribution in [3.8, 4) is 11.3 Å². The summed E-state index contributed by atoms with van der Waals surface area (Å²) < 4.78 is 5.55. The number of hydrogen-bond acceptors (Lipinski definition) is 5. The maximum absolute atomic E-state index is 12.0. The lowest BCUT2D eigenvalue weighted by Gasteiger charge is -2.11. The first-order valence-electron chi connectivity index (χ1n) is 6.79. The molecule has 3 rings (SSSR count). The lowest BCUT2D eigenvalue weighted by Crippen LogP contribution is -2.32. The number of oxazole rings is 1. The van der Waals surface area contributed by atoms with Crippen LogP contribution < -0.4 is 0 Å². The molecule has 7 nitrogen and oxygen atoms in total. The first-order chi connectivity index (χ1) is 10.6. The van der Waals surface area contributed by atoms with Gasteiger partial charge in [-0.05, 0) is 6.92 Å². The second-order valence-corrected chi connectivity index (χ2v) is 4.71. The van der Waals surface area contributed by atoms with E-state index < -0.39 is 17.8 Å². The minimum atomic E-state index is -0.855. The maximum atomic E-state index is 12.0. The Morgan fingerprint density at radius 2 is 1.73 bits per heavy atom. The first-order valence-corrected chi connectivity index (χ1v) is 6.79. The van der Waals surface area contributed by atoms with Gasteiger partial charge in [0.2, 0.25) is 5.89 Å². The van der Waals surface area contributed by atoms with Crippen LogP contribution >= 0.6 is 0 Å². The molecule has 0 N–H and O–H groups in total. The van der Waals surface area contributed by atoms with Crippen LogP contribution in [-0.4, -0.2) is 39.2 Å². The molecule has 4 amide bonds. The number of rotatable bonds is 4. The van der Waals surface area contributed by atoms with Gasteiger partial charge in [-0.3, -0.25) is 14.5 Å². The predicted molar refractivity (Wildman–Crippen MR) is 75.3 cm³/mol. The Balaban J connectivity index is 1.80. The van der Waals surface area contributed by atoms with Crippen molar-refractivity contribution in [2.75, 3.05) is 6.54 Å². The topological polar surface area (TPSA) is 83.7 Å². The highest BCUT2D eigenvalue weighted by Crippen LogP contribution is 2.22. The van der Waals surface area contributed by atoms with E-state index in [0.717, 1.165) is 15.4 Å². The summed E-state index contributed by atoms with van der Waals surface area (Å²) in [7, 11) is 0. The molecule has 0 aliphatic carbocycles. The summed E-state index contributed by atoms with van der Waals surface area (Å²) in [6.45, 7) is 1.62. The third kappa shape index (κ3) is 2.26. The van der Waals surface area contributed by atoms with Crippen LogP contribution in [0.5, 0.6) is 0 Å². The SMILES string of the molecule is CCN1C(=O)C(=O)N(Cc2ncc(-c3ccccc3)o2)C1=O. The molecule has 7 heteroatoms. The van der Waals surface area contributed by atoms with Crippen molar-refractivity contribution < 1.29 is 18.8 Å². The second kappa shape index (κ2) is 5.44. The van der Waals surface area contributed by atoms with Gasteiger partial charge in [0.15, 0.2) is 5.76 Å². The number of benzene rings is 1. The summed E-state index contributed by atoms with van der Waals surface area (Å²) in [5.41, 5.74) is 0.839. The van der Waals surface area contributed by atoms with E-state index in [0.29, 0.717) is 5.76 Å². The van der Waals surface area contributed by atoms with Gasteiger partial charge in [-0.15, -0.1) is 0 Å². The van der Waals surface area contributed by atoms with Crippen molar-refractivity contribution in [2.45, 2.75) is 13.5 Å². The molecule has 0 spiro atoms. The van der Waals surface area contributed by atoms with Crippen LogP contribution in [0.3, 0.4) is 0 Å². The third-order valence-corrected chi connectivity index (χ3v) is 3.36. The fourth-order valence-electron chi connectivity index (χ4n) is 2.22. The highest BCUT2D eigenvalue weighted by Gasteiger charge is 2.44. The van der Waals surface area contributed by atoms with Crippen LogP contribution in [0.15, 0.2) is 40.9 Å². The molecule has 112 valence electrons. The van der Waals surface area contributed by atoms with Gasteiger partial charge in [0.1, 0.15) is 6.54 Å². The molecular formula is C15H13N3O4. The van der Waals surface area contributed by atoms with E-state index in [4.69, 9.17) is 4.42 Å². The number of carbonyl (C=O) groups excluding carboxylic acids is 3. The summed E-state index contributed by atoms with van der Waals surface area (Å²) in [4.78, 5) is 41.2. The Morgan fingerprint density at radius 3 is 2.36 bits per heavy atom. The molecule has 0 radical (unpaired) electrons. The molecule has 0 bridgehead atoms. The Kier molecular flexibility index (Phi) is 3.46. The number of amides is 4. The zero-order valence-corrected chi connectivity index (χ0v) is 11.9. The van der Waals surface area contributed by atoms with Crippen LogP contribution in [0, 0.1) is 0 Å². The highest BCUT2D eigenvalue weighted by molar-refractivity contribution is 6.44. The summed E-state index contributed by atoms with van der Waals surface area (Å²) in [6, 6.07) is 8.69. The molecule has 1 aromatic heterocycles. The second-order valence-electron chi connectivity index (χ2n) is 4.71. The molecule has 1 aliphatic heterocycles. The Hall–Kier alpha value is -2.96. The largest absolute Gasteiger partial charge is 0.439 e. The summed E-state index contributed by atoms with van der Waals surface area (Å²) in [5, 5.41) is 0. The average Bonchev–Trinajstić information content (AvgIpc) is 3.08. The van der Waals surface area contributed by atoms with E-state index in [-0.39, 0.29) is 19.0 Å². The first kappa shape index (κ1) is 14.0. The number of hydrogen-bond donors (Lipinski definition) is 0. The summed E-state index contributed by atoms with van der Waals surface area (Å²) in [5.74, 6) is -0.937. The quantitative estimate of drug-likeness (QED) is 0.633. The van der Waals surface area contributed by atoms with Gasteiger partial charge < -0.3 is 4.42 Å². The standard InChI is InChI=1S/C15H13N3O4/c1-2-17-13(19)14(20)18(15(17)21)9-12-16-8-11(22-12)10-6-4-3-5-7-10/h3-8H,2,9H2,1H3. The van der Waals surface area contributed by atoms with Crippen LogP contribution in [-0.2, 0) is 16.1 Å². The van der Waals surface area contributed by atoms with Crippen molar-refractivity contribution in [1.82, 2.24) is 14.8 Å². The minimum Gasteiger partial charge on any atom is -0.439 e. The molecule has 1 saturated heterocycles. The normalized spacial score (nSPS) is 15.0. The van der Waals surface area contributed by atoms with Crippen molar-refractivity contribution in [2.24, 2.45) is 0 Å². The Labute approximate surface area is 126 Å². The van der Waals surface area contributed by atoms with E-state index in [1.165, 1.54) is 6.20 Å². The van der Waals surface area contributed by atoms with Crippen LogP contribution in [0.25, 0.3) is 11.3 Å². The number of likely N-dealkylation sites (N-methyl/N-ethyl adjacent to an activating group) is 1. The average molecular weight is 299 g/mol. The van der Waals surface area contributed by atoms with Gasteiger partial charge in [0.25, 0.3) is 0 Å². The van der Waals surface area contributed by atoms with Gasteiger partial charge in [-0.25, -0.2) is 14.7 Å². The smallest absolute Gasteiger partial charge is 0.334 e. The zero-order valence-electron chi connectivity index (χ0n) is 11.9. The number of nitrogens with zero attached hydrogens (tertiary/aromatic N) is 3. The summed E-state index contributed by atoms with van der Waals surface area (Å²) in [6.07, 6.45) is 1.52. The third-order valence-electron chi connectivity index (χ3n) is 3.36. The number of urea groups is 1.